The lowest BCUT2D eigenvalue weighted by molar-refractivity contribution is 1.89. The van der Waals surface area contributed by atoms with E-state index in [1.54, 1.807) is 45.3 Å². The van der Waals surface area contributed by atoms with Gasteiger partial charge in [-0.2, -0.15) is 0 Å². The summed E-state index contributed by atoms with van der Waals surface area (Å²) < 4.78 is 4.26. The molecule has 0 spiro atoms. The summed E-state index contributed by atoms with van der Waals surface area (Å²) in [6.07, 6.45) is 0. The van der Waals surface area contributed by atoms with Crippen LogP contribution in [0.25, 0.3) is 41.1 Å². The lowest BCUT2D eigenvalue weighted by Crippen LogP contribution is -1.83. The summed E-state index contributed by atoms with van der Waals surface area (Å²) in [5.41, 5.74) is 2.35. The maximum absolute atomic E-state index is 6.78. The molecule has 0 fully saturated rings. The largest absolute Gasteiger partial charge is 0.144 e. The van der Waals surface area contributed by atoms with Gasteiger partial charge in [-0.3, -0.25) is 0 Å². The highest BCUT2D eigenvalue weighted by Crippen LogP contribution is 2.57. The lowest BCUT2D eigenvalue weighted by Gasteiger charge is -2.10. The number of hydrogen-bond acceptors (Lipinski definition) is 4. The van der Waals surface area contributed by atoms with Crippen molar-refractivity contribution in [1.82, 2.24) is 0 Å². The molecule has 8 heteroatoms. The summed E-state index contributed by atoms with van der Waals surface area (Å²) in [6, 6.07) is 8.44. The molecule has 0 amide bonds. The van der Waals surface area contributed by atoms with E-state index in [2.05, 4.69) is 66.9 Å². The Kier molecular flexibility index (Phi) is 4.78. The van der Waals surface area contributed by atoms with E-state index < -0.39 is 0 Å². The molecule has 4 aromatic heterocycles. The molecule has 0 aliphatic heterocycles. The molecule has 0 unspecified atom stereocenters. The van der Waals surface area contributed by atoms with Gasteiger partial charge >= 0.3 is 0 Å². The van der Waals surface area contributed by atoms with Gasteiger partial charge in [0.2, 0.25) is 0 Å². The van der Waals surface area contributed by atoms with Crippen LogP contribution in [0.2, 0.25) is 10.0 Å². The van der Waals surface area contributed by atoms with Crippen molar-refractivity contribution in [2.24, 2.45) is 0 Å². The summed E-state index contributed by atoms with van der Waals surface area (Å²) in [6.45, 7) is 0. The zero-order valence-corrected chi connectivity index (χ0v) is 20.6. The monoisotopic (exact) mass is 578 g/mol. The number of rotatable bonds is 2. The van der Waals surface area contributed by atoms with Gasteiger partial charge in [0.1, 0.15) is 0 Å². The second kappa shape index (κ2) is 6.85. The Balaban J connectivity index is 2.12. The maximum Gasteiger partial charge on any atom is 0.0897 e. The van der Waals surface area contributed by atoms with Gasteiger partial charge in [-0.1, -0.05) is 35.3 Å². The van der Waals surface area contributed by atoms with E-state index >= 15 is 0 Å². The Morgan fingerprint density at radius 1 is 0.692 bits per heavy atom. The number of halogens is 4. The van der Waals surface area contributed by atoms with Crippen LogP contribution in [0.4, 0.5) is 0 Å². The molecule has 5 rings (SSSR count). The van der Waals surface area contributed by atoms with E-state index in [1.807, 2.05) is 0 Å². The molecule has 0 saturated heterocycles. The van der Waals surface area contributed by atoms with Crippen molar-refractivity contribution < 1.29 is 0 Å². The van der Waals surface area contributed by atoms with E-state index in [9.17, 15) is 0 Å². The molecule has 0 aliphatic carbocycles. The highest BCUT2D eigenvalue weighted by molar-refractivity contribution is 9.11. The Labute approximate surface area is 192 Å². The molecule has 130 valence electrons. The molecule has 26 heavy (non-hydrogen) atoms. The molecule has 0 aliphatic rings. The highest BCUT2D eigenvalue weighted by atomic mass is 79.9. The second-order valence-corrected chi connectivity index (χ2v) is 12.8. The van der Waals surface area contributed by atoms with Crippen LogP contribution in [-0.2, 0) is 0 Å². The first-order valence-electron chi connectivity index (χ1n) is 7.36. The average Bonchev–Trinajstić information content (AvgIpc) is 3.39. The van der Waals surface area contributed by atoms with Gasteiger partial charge < -0.3 is 0 Å². The molecular weight excluding hydrogens is 575 g/mol. The zero-order chi connectivity index (χ0) is 18.0. The lowest BCUT2D eigenvalue weighted by atomic mass is 10.0. The van der Waals surface area contributed by atoms with Gasteiger partial charge in [0.25, 0.3) is 0 Å². The molecule has 0 saturated carbocycles. The van der Waals surface area contributed by atoms with Crippen LogP contribution in [0.1, 0.15) is 0 Å². The fraction of sp³-hybridized carbons (Fsp3) is 0. The minimum absolute atomic E-state index is 0.772. The molecule has 0 bridgehead atoms. The summed E-state index contributed by atoms with van der Waals surface area (Å²) in [5, 5.41) is 7.95. The normalized spacial score (nSPS) is 11.8. The fourth-order valence-corrected chi connectivity index (χ4v) is 8.87. The van der Waals surface area contributed by atoms with Crippen molar-refractivity contribution in [3.63, 3.8) is 0 Å². The highest BCUT2D eigenvalue weighted by Gasteiger charge is 2.26. The number of benzene rings is 1. The molecule has 0 atom stereocenters. The van der Waals surface area contributed by atoms with E-state index in [1.165, 1.54) is 30.3 Å². The van der Waals surface area contributed by atoms with Crippen molar-refractivity contribution in [3.05, 3.63) is 52.6 Å². The average molecular weight is 581 g/mol. The van der Waals surface area contributed by atoms with Crippen LogP contribution in [0.5, 0.6) is 0 Å². The summed E-state index contributed by atoms with van der Waals surface area (Å²) in [5.74, 6) is 0. The standard InChI is InChI=1S/C18H6Br2Cl2S4/c19-17-13(21)11-9(7-3-1-5-23-7)15-12(14(22)18(20)25-15)10(16(11)26-17)8-4-2-6-24-8/h1-6H. The maximum atomic E-state index is 6.78. The van der Waals surface area contributed by atoms with Gasteiger partial charge in [0.15, 0.2) is 0 Å². The Hall–Kier alpha value is 0.0800. The van der Waals surface area contributed by atoms with Crippen molar-refractivity contribution in [2.45, 2.75) is 0 Å². The van der Waals surface area contributed by atoms with Crippen molar-refractivity contribution in [3.8, 4) is 20.9 Å². The topological polar surface area (TPSA) is 0 Å². The second-order valence-electron chi connectivity index (χ2n) is 5.49. The van der Waals surface area contributed by atoms with Gasteiger partial charge in [-0.15, -0.1) is 45.3 Å². The SMILES string of the molecule is Clc1c(Br)sc2c(-c3cccs3)c3c(Cl)c(Br)sc3c(-c3cccs3)c12. The predicted octanol–water partition coefficient (Wildman–Crippen LogP) is 10.4. The van der Waals surface area contributed by atoms with Crippen molar-refractivity contribution >= 4 is 121 Å². The first-order chi connectivity index (χ1) is 12.6. The Bertz CT molecular complexity index is 1160. The quantitative estimate of drug-likeness (QED) is 0.195. The summed E-state index contributed by atoms with van der Waals surface area (Å²) in [4.78, 5) is 2.41. The van der Waals surface area contributed by atoms with Crippen LogP contribution in [0.15, 0.2) is 42.6 Å². The first kappa shape index (κ1) is 18.1. The van der Waals surface area contributed by atoms with Gasteiger partial charge in [-0.25, -0.2) is 0 Å². The van der Waals surface area contributed by atoms with Crippen LogP contribution in [0, 0.1) is 0 Å². The molecule has 4 heterocycles. The van der Waals surface area contributed by atoms with Gasteiger partial charge in [0.05, 0.1) is 17.6 Å². The molecule has 0 nitrogen and oxygen atoms in total. The van der Waals surface area contributed by atoms with E-state index in [-0.39, 0.29) is 0 Å². The van der Waals surface area contributed by atoms with Gasteiger partial charge in [-0.05, 0) is 54.8 Å². The van der Waals surface area contributed by atoms with Crippen LogP contribution in [0.3, 0.4) is 0 Å². The molecule has 5 aromatic rings. The number of fused-ring (bicyclic) bond motifs is 2. The van der Waals surface area contributed by atoms with Crippen LogP contribution >= 0.6 is 100 Å². The van der Waals surface area contributed by atoms with E-state index in [4.69, 9.17) is 23.2 Å². The van der Waals surface area contributed by atoms with Crippen LogP contribution in [-0.4, -0.2) is 0 Å². The van der Waals surface area contributed by atoms with Crippen molar-refractivity contribution in [1.29, 1.82) is 0 Å². The first-order valence-corrected chi connectivity index (χ1v) is 13.1. The summed E-state index contributed by atoms with van der Waals surface area (Å²) in [7, 11) is 0. The molecular formula is C18H6Br2Cl2S4. The molecule has 0 radical (unpaired) electrons. The number of hydrogen-bond donors (Lipinski definition) is 0. The van der Waals surface area contributed by atoms with Gasteiger partial charge in [0, 0.05) is 41.1 Å². The summed E-state index contributed by atoms with van der Waals surface area (Å²) >= 11 is 27.7. The Morgan fingerprint density at radius 2 is 1.12 bits per heavy atom. The third-order valence-corrected chi connectivity index (χ3v) is 11.1. The molecule has 1 aromatic carbocycles. The van der Waals surface area contributed by atoms with E-state index in [0.717, 1.165) is 28.4 Å². The number of thiophene rings is 4. The Morgan fingerprint density at radius 3 is 1.46 bits per heavy atom. The van der Waals surface area contributed by atoms with E-state index in [0.29, 0.717) is 0 Å². The fourth-order valence-electron chi connectivity index (χ4n) is 3.10. The smallest absolute Gasteiger partial charge is 0.0897 e. The van der Waals surface area contributed by atoms with Crippen LogP contribution < -0.4 is 0 Å². The minimum Gasteiger partial charge on any atom is -0.144 e. The minimum atomic E-state index is 0.772. The zero-order valence-electron chi connectivity index (χ0n) is 12.6. The predicted molar refractivity (Wildman–Crippen MR) is 129 cm³/mol. The van der Waals surface area contributed by atoms with Crippen molar-refractivity contribution in [2.75, 3.05) is 0 Å². The third-order valence-electron chi connectivity index (χ3n) is 4.11. The molecule has 0 N–H and O–H groups in total. The third kappa shape index (κ3) is 2.61.